The molecule has 0 aliphatic carbocycles. The van der Waals surface area contributed by atoms with E-state index in [1.54, 1.807) is 12.2 Å². The van der Waals surface area contributed by atoms with E-state index in [1.807, 2.05) is 0 Å². The summed E-state index contributed by atoms with van der Waals surface area (Å²) in [5, 5.41) is 2.36. The number of carbonyl (C=O) groups is 1. The smallest absolute Gasteiger partial charge is 0.349 e. The predicted molar refractivity (Wildman–Crippen MR) is 63.6 cm³/mol. The summed E-state index contributed by atoms with van der Waals surface area (Å²) in [7, 11) is 0. The first kappa shape index (κ1) is 14.6. The van der Waals surface area contributed by atoms with E-state index in [9.17, 15) is 18.0 Å². The summed E-state index contributed by atoms with van der Waals surface area (Å²) in [5.74, 6) is -0.475. The zero-order valence-electron chi connectivity index (χ0n) is 9.30. The minimum Gasteiger partial charge on any atom is -0.349 e. The average Bonchev–Trinajstić information content (AvgIpc) is 2.33. The fraction of sp³-hybridized carbons (Fsp3) is 0.250. The summed E-state index contributed by atoms with van der Waals surface area (Å²) in [6.45, 7) is 0.137. The van der Waals surface area contributed by atoms with Gasteiger partial charge in [-0.1, -0.05) is 24.3 Å². The molecule has 1 N–H and O–H groups in total. The molecule has 0 aliphatic heterocycles. The number of halogens is 4. The van der Waals surface area contributed by atoms with Crippen molar-refractivity contribution in [1.82, 2.24) is 5.32 Å². The summed E-state index contributed by atoms with van der Waals surface area (Å²) in [4.78, 5) is 11.6. The van der Waals surface area contributed by atoms with E-state index >= 15 is 0 Å². The molecule has 0 radical (unpaired) electrons. The van der Waals surface area contributed by atoms with Crippen LogP contribution in [0.15, 0.2) is 36.4 Å². The maximum absolute atomic E-state index is 12.6. The van der Waals surface area contributed by atoms with Crippen molar-refractivity contribution in [3.05, 3.63) is 47.5 Å². The Hall–Kier alpha value is -1.49. The van der Waals surface area contributed by atoms with Gasteiger partial charge in [0, 0.05) is 12.4 Å². The van der Waals surface area contributed by atoms with Crippen LogP contribution in [0.1, 0.15) is 15.9 Å². The lowest BCUT2D eigenvalue weighted by molar-refractivity contribution is -0.137. The molecule has 0 aromatic heterocycles. The average molecular weight is 278 g/mol. The van der Waals surface area contributed by atoms with Crippen LogP contribution in [-0.4, -0.2) is 18.3 Å². The molecule has 0 heterocycles. The summed E-state index contributed by atoms with van der Waals surface area (Å²) in [6, 6.07) is 4.65. The van der Waals surface area contributed by atoms with Crippen LogP contribution in [0, 0.1) is 0 Å². The highest BCUT2D eigenvalue weighted by molar-refractivity contribution is 6.18. The van der Waals surface area contributed by atoms with E-state index in [0.717, 1.165) is 12.1 Å². The number of alkyl halides is 4. The molecule has 1 aromatic rings. The summed E-state index contributed by atoms with van der Waals surface area (Å²) < 4.78 is 37.9. The highest BCUT2D eigenvalue weighted by Crippen LogP contribution is 2.31. The van der Waals surface area contributed by atoms with Crippen LogP contribution in [0.3, 0.4) is 0 Å². The molecule has 0 unspecified atom stereocenters. The molecule has 98 valence electrons. The standard InChI is InChI=1S/C12H11ClF3NO/c13-7-3-4-8-17-11(18)9-5-1-2-6-10(9)12(14,15)16/h1-6H,7-8H2,(H,17,18)/b4-3+. The molecule has 0 aliphatic rings. The Labute approximate surface area is 107 Å². The highest BCUT2D eigenvalue weighted by atomic mass is 35.5. The Bertz CT molecular complexity index is 443. The number of benzene rings is 1. The molecular weight excluding hydrogens is 267 g/mol. The number of rotatable bonds is 4. The van der Waals surface area contributed by atoms with Crippen LogP contribution in [0.4, 0.5) is 13.2 Å². The van der Waals surface area contributed by atoms with Gasteiger partial charge < -0.3 is 5.32 Å². The molecule has 0 saturated carbocycles. The second kappa shape index (κ2) is 6.44. The molecule has 18 heavy (non-hydrogen) atoms. The van der Waals surface area contributed by atoms with Crippen molar-refractivity contribution in [1.29, 1.82) is 0 Å². The molecule has 1 amide bonds. The zero-order chi connectivity index (χ0) is 13.6. The van der Waals surface area contributed by atoms with Crippen molar-refractivity contribution in [2.45, 2.75) is 6.18 Å². The van der Waals surface area contributed by atoms with Gasteiger partial charge in [0.25, 0.3) is 5.91 Å². The minimum atomic E-state index is -4.54. The zero-order valence-corrected chi connectivity index (χ0v) is 10.1. The van der Waals surface area contributed by atoms with Crippen LogP contribution in [0.2, 0.25) is 0 Å². The van der Waals surface area contributed by atoms with Crippen molar-refractivity contribution in [3.63, 3.8) is 0 Å². The van der Waals surface area contributed by atoms with Crippen molar-refractivity contribution >= 4 is 17.5 Å². The Balaban J connectivity index is 2.83. The number of nitrogens with one attached hydrogen (secondary N) is 1. The molecule has 6 heteroatoms. The fourth-order valence-corrected chi connectivity index (χ4v) is 1.45. The third-order valence-corrected chi connectivity index (χ3v) is 2.29. The van der Waals surface area contributed by atoms with E-state index in [-0.39, 0.29) is 18.0 Å². The van der Waals surface area contributed by atoms with Crippen LogP contribution in [0.5, 0.6) is 0 Å². The maximum Gasteiger partial charge on any atom is 0.417 e. The van der Waals surface area contributed by atoms with Gasteiger partial charge in [-0.15, -0.1) is 11.6 Å². The van der Waals surface area contributed by atoms with E-state index in [4.69, 9.17) is 11.6 Å². The molecule has 0 saturated heterocycles. The normalized spacial score (nSPS) is 11.8. The second-order valence-corrected chi connectivity index (χ2v) is 3.69. The first-order valence-electron chi connectivity index (χ1n) is 5.12. The van der Waals surface area contributed by atoms with E-state index in [0.29, 0.717) is 0 Å². The first-order chi connectivity index (χ1) is 8.46. The van der Waals surface area contributed by atoms with Crippen molar-refractivity contribution in [2.75, 3.05) is 12.4 Å². The van der Waals surface area contributed by atoms with E-state index in [2.05, 4.69) is 5.32 Å². The lowest BCUT2D eigenvalue weighted by Gasteiger charge is -2.11. The van der Waals surface area contributed by atoms with Gasteiger partial charge >= 0.3 is 6.18 Å². The van der Waals surface area contributed by atoms with Gasteiger partial charge in [-0.3, -0.25) is 4.79 Å². The SMILES string of the molecule is O=C(NC/C=C/CCl)c1ccccc1C(F)(F)F. The molecule has 1 rings (SSSR count). The molecule has 0 bridgehead atoms. The van der Waals surface area contributed by atoms with Gasteiger partial charge in [-0.2, -0.15) is 13.2 Å². The van der Waals surface area contributed by atoms with Crippen LogP contribution >= 0.6 is 11.6 Å². The number of allylic oxidation sites excluding steroid dienone is 1. The van der Waals surface area contributed by atoms with Crippen LogP contribution in [0.25, 0.3) is 0 Å². The van der Waals surface area contributed by atoms with Crippen molar-refractivity contribution in [3.8, 4) is 0 Å². The largest absolute Gasteiger partial charge is 0.417 e. The summed E-state index contributed by atoms with van der Waals surface area (Å²) in [6.07, 6.45) is -1.38. The van der Waals surface area contributed by atoms with E-state index < -0.39 is 17.6 Å². The van der Waals surface area contributed by atoms with Gasteiger partial charge in [0.15, 0.2) is 0 Å². The predicted octanol–water partition coefficient (Wildman–Crippen LogP) is 3.23. The summed E-state index contributed by atoms with van der Waals surface area (Å²) >= 11 is 5.37. The number of carbonyl (C=O) groups excluding carboxylic acids is 1. The first-order valence-corrected chi connectivity index (χ1v) is 5.65. The van der Waals surface area contributed by atoms with Crippen LogP contribution in [-0.2, 0) is 6.18 Å². The monoisotopic (exact) mass is 277 g/mol. The minimum absolute atomic E-state index is 0.137. The molecule has 2 nitrogen and oxygen atoms in total. The second-order valence-electron chi connectivity index (χ2n) is 3.38. The van der Waals surface area contributed by atoms with Crippen molar-refractivity contribution in [2.24, 2.45) is 0 Å². The van der Waals surface area contributed by atoms with Gasteiger partial charge in [-0.05, 0) is 12.1 Å². The highest BCUT2D eigenvalue weighted by Gasteiger charge is 2.34. The van der Waals surface area contributed by atoms with Gasteiger partial charge in [-0.25, -0.2) is 0 Å². The van der Waals surface area contributed by atoms with Gasteiger partial charge in [0.2, 0.25) is 0 Å². The van der Waals surface area contributed by atoms with Crippen LogP contribution < -0.4 is 5.32 Å². The Kier molecular flexibility index (Phi) is 5.22. The maximum atomic E-state index is 12.6. The third kappa shape index (κ3) is 4.07. The van der Waals surface area contributed by atoms with Gasteiger partial charge in [0.1, 0.15) is 0 Å². The van der Waals surface area contributed by atoms with Gasteiger partial charge in [0.05, 0.1) is 11.1 Å². The Morgan fingerprint density at radius 2 is 1.94 bits per heavy atom. The lowest BCUT2D eigenvalue weighted by atomic mass is 10.1. The van der Waals surface area contributed by atoms with Crippen molar-refractivity contribution < 1.29 is 18.0 Å². The Morgan fingerprint density at radius 3 is 2.56 bits per heavy atom. The quantitative estimate of drug-likeness (QED) is 0.664. The molecular formula is C12H11ClF3NO. The third-order valence-electron chi connectivity index (χ3n) is 2.11. The number of amides is 1. The molecule has 0 fully saturated rings. The molecule has 1 aromatic carbocycles. The molecule has 0 atom stereocenters. The summed E-state index contributed by atoms with van der Waals surface area (Å²) in [5.41, 5.74) is -1.33. The van der Waals surface area contributed by atoms with E-state index in [1.165, 1.54) is 12.1 Å². The molecule has 0 spiro atoms. The Morgan fingerprint density at radius 1 is 1.28 bits per heavy atom. The topological polar surface area (TPSA) is 29.1 Å². The fourth-order valence-electron chi connectivity index (χ4n) is 1.32. The lowest BCUT2D eigenvalue weighted by Crippen LogP contribution is -2.26. The number of hydrogen-bond donors (Lipinski definition) is 1. The number of hydrogen-bond acceptors (Lipinski definition) is 1.